The topological polar surface area (TPSA) is 150 Å². The van der Waals surface area contributed by atoms with E-state index in [-0.39, 0.29) is 30.6 Å². The molecule has 28 heavy (non-hydrogen) atoms. The summed E-state index contributed by atoms with van der Waals surface area (Å²) in [6.45, 7) is 4.37. The van der Waals surface area contributed by atoms with Crippen LogP contribution < -0.4 is 20.9 Å². The third-order valence-corrected chi connectivity index (χ3v) is 4.03. The predicted molar refractivity (Wildman–Crippen MR) is 102 cm³/mol. The van der Waals surface area contributed by atoms with Gasteiger partial charge in [-0.1, -0.05) is 0 Å². The number of carbonyl (C=O) groups is 2. The molecule has 2 aromatic heterocycles. The summed E-state index contributed by atoms with van der Waals surface area (Å²) in [5.41, 5.74) is 5.04. The number of nitrogens with two attached hydrogens (primary N) is 1. The van der Waals surface area contributed by atoms with Crippen LogP contribution in [0.15, 0.2) is 24.8 Å². The van der Waals surface area contributed by atoms with E-state index < -0.39 is 11.5 Å². The molecular weight excluding hydrogens is 364 g/mol. The first-order valence-corrected chi connectivity index (χ1v) is 8.68. The molecule has 2 amide bonds. The van der Waals surface area contributed by atoms with Gasteiger partial charge in [0, 0.05) is 25.7 Å². The summed E-state index contributed by atoms with van der Waals surface area (Å²) in [6, 6.07) is 1.41. The lowest BCUT2D eigenvalue weighted by Gasteiger charge is -2.34. The van der Waals surface area contributed by atoms with Gasteiger partial charge in [0.1, 0.15) is 24.4 Å². The highest BCUT2D eigenvalue weighted by Gasteiger charge is 2.28. The van der Waals surface area contributed by atoms with Crippen LogP contribution >= 0.6 is 0 Å². The van der Waals surface area contributed by atoms with Crippen molar-refractivity contribution >= 4 is 29.3 Å². The number of nitrogens with one attached hydrogen (secondary N) is 1. The van der Waals surface area contributed by atoms with Gasteiger partial charge in [-0.25, -0.2) is 15.0 Å². The fourth-order valence-electron chi connectivity index (χ4n) is 2.65. The Morgan fingerprint density at radius 2 is 2.00 bits per heavy atom. The number of piperazine rings is 1. The number of anilines is 3. The van der Waals surface area contributed by atoms with Gasteiger partial charge in [-0.05, 0) is 13.8 Å². The van der Waals surface area contributed by atoms with Crippen molar-refractivity contribution in [2.45, 2.75) is 19.4 Å². The van der Waals surface area contributed by atoms with Gasteiger partial charge in [0.15, 0.2) is 0 Å². The van der Waals surface area contributed by atoms with Crippen molar-refractivity contribution in [3.8, 4) is 0 Å². The molecule has 0 unspecified atom stereocenters. The molecule has 148 valence electrons. The van der Waals surface area contributed by atoms with Gasteiger partial charge < -0.3 is 26.0 Å². The summed E-state index contributed by atoms with van der Waals surface area (Å²) in [6.07, 6.45) is 4.54. The van der Waals surface area contributed by atoms with E-state index in [4.69, 9.17) is 5.73 Å². The molecule has 0 spiro atoms. The third-order valence-electron chi connectivity index (χ3n) is 4.03. The van der Waals surface area contributed by atoms with E-state index in [2.05, 4.69) is 25.3 Å². The first-order valence-electron chi connectivity index (χ1n) is 8.68. The number of carbonyl (C=O) groups excluding carboxylic acids is 2. The second kappa shape index (κ2) is 7.72. The summed E-state index contributed by atoms with van der Waals surface area (Å²) in [7, 11) is 0. The first kappa shape index (κ1) is 19.4. The molecule has 0 bridgehead atoms. The molecule has 4 N–H and O–H groups in total. The second-order valence-corrected chi connectivity index (χ2v) is 7.03. The van der Waals surface area contributed by atoms with Crippen molar-refractivity contribution in [3.63, 3.8) is 0 Å². The first-order chi connectivity index (χ1) is 13.2. The van der Waals surface area contributed by atoms with Gasteiger partial charge in [0.2, 0.25) is 11.9 Å². The number of rotatable bonds is 6. The highest BCUT2D eigenvalue weighted by molar-refractivity contribution is 5.97. The maximum atomic E-state index is 12.6. The average Bonchev–Trinajstić information content (AvgIpc) is 2.66. The largest absolute Gasteiger partial charge is 0.389 e. The smallest absolute Gasteiger partial charge is 0.267 e. The lowest BCUT2D eigenvalue weighted by molar-refractivity contribution is -0.117. The molecule has 0 aliphatic carbocycles. The summed E-state index contributed by atoms with van der Waals surface area (Å²) < 4.78 is 0. The molecule has 1 aliphatic rings. The molecule has 3 heterocycles. The minimum atomic E-state index is -0.975. The Morgan fingerprint density at radius 3 is 2.61 bits per heavy atom. The molecule has 0 saturated carbocycles. The maximum absolute atomic E-state index is 12.6. The number of hydrogen-bond donors (Lipinski definition) is 3. The van der Waals surface area contributed by atoms with Gasteiger partial charge in [0.05, 0.1) is 23.7 Å². The van der Waals surface area contributed by atoms with Gasteiger partial charge in [-0.2, -0.15) is 4.98 Å². The quantitative estimate of drug-likeness (QED) is 0.591. The molecule has 1 fully saturated rings. The van der Waals surface area contributed by atoms with Crippen LogP contribution in [0, 0.1) is 0 Å². The van der Waals surface area contributed by atoms with E-state index in [1.165, 1.54) is 12.4 Å². The summed E-state index contributed by atoms with van der Waals surface area (Å²) >= 11 is 0. The molecular formula is C17H22N8O3. The zero-order valence-corrected chi connectivity index (χ0v) is 15.7. The number of aromatic nitrogens is 4. The molecule has 0 radical (unpaired) electrons. The number of hydrogen-bond acceptors (Lipinski definition) is 9. The van der Waals surface area contributed by atoms with Crippen molar-refractivity contribution in [3.05, 3.63) is 30.5 Å². The fraction of sp³-hybridized carbons (Fsp3) is 0.412. The highest BCUT2D eigenvalue weighted by atomic mass is 16.3. The Bertz CT molecular complexity index is 868. The van der Waals surface area contributed by atoms with E-state index in [0.717, 1.165) is 0 Å². The molecule has 11 heteroatoms. The number of aliphatic hydroxyl groups is 1. The van der Waals surface area contributed by atoms with E-state index in [0.29, 0.717) is 24.6 Å². The van der Waals surface area contributed by atoms with Crippen LogP contribution in [0.25, 0.3) is 0 Å². The molecule has 0 atom stereocenters. The van der Waals surface area contributed by atoms with E-state index in [9.17, 15) is 14.7 Å². The average molecular weight is 386 g/mol. The van der Waals surface area contributed by atoms with Crippen LogP contribution in [0.2, 0.25) is 0 Å². The number of primary amides is 1. The van der Waals surface area contributed by atoms with Crippen molar-refractivity contribution in [2.24, 2.45) is 5.73 Å². The number of nitrogens with zero attached hydrogens (tertiary/aromatic N) is 6. The summed E-state index contributed by atoms with van der Waals surface area (Å²) in [5, 5.41) is 12.8. The van der Waals surface area contributed by atoms with Crippen LogP contribution in [0.1, 0.15) is 24.3 Å². The van der Waals surface area contributed by atoms with E-state index >= 15 is 0 Å². The molecule has 1 saturated heterocycles. The second-order valence-electron chi connectivity index (χ2n) is 7.03. The Labute approximate surface area is 161 Å². The van der Waals surface area contributed by atoms with Crippen LogP contribution in [-0.4, -0.2) is 68.6 Å². The Hall–Kier alpha value is -3.34. The van der Waals surface area contributed by atoms with Gasteiger partial charge in [-0.15, -0.1) is 0 Å². The van der Waals surface area contributed by atoms with Gasteiger partial charge >= 0.3 is 0 Å². The Kier molecular flexibility index (Phi) is 5.36. The summed E-state index contributed by atoms with van der Waals surface area (Å²) in [5.74, 6) is -0.319. The minimum absolute atomic E-state index is 0.0228. The zero-order valence-electron chi connectivity index (χ0n) is 15.7. The van der Waals surface area contributed by atoms with E-state index in [1.54, 1.807) is 36.0 Å². The molecule has 1 aliphatic heterocycles. The summed E-state index contributed by atoms with van der Waals surface area (Å²) in [4.78, 5) is 43.9. The fourth-order valence-corrected chi connectivity index (χ4v) is 2.65. The molecule has 11 nitrogen and oxygen atoms in total. The van der Waals surface area contributed by atoms with Crippen molar-refractivity contribution in [2.75, 3.05) is 41.3 Å². The Balaban J connectivity index is 1.80. The van der Waals surface area contributed by atoms with Crippen molar-refractivity contribution in [1.29, 1.82) is 0 Å². The third kappa shape index (κ3) is 4.68. The van der Waals surface area contributed by atoms with Crippen molar-refractivity contribution in [1.82, 2.24) is 19.9 Å². The predicted octanol–water partition coefficient (Wildman–Crippen LogP) is -0.598. The normalized spacial score (nSPS) is 14.9. The molecule has 3 rings (SSSR count). The zero-order chi connectivity index (χ0) is 20.3. The standard InChI is InChI=1S/C17H22N8O3/c1-17(2,28)9-21-13-5-12(15(18)27)22-16(23-13)24-3-4-25(14(26)8-24)11-6-19-10-20-7-11/h5-7,10,28H,3-4,8-9H2,1-2H3,(H2,18,27)(H,21,22,23). The van der Waals surface area contributed by atoms with Gasteiger partial charge in [-0.3, -0.25) is 9.59 Å². The lowest BCUT2D eigenvalue weighted by atomic mass is 10.1. The SMILES string of the molecule is CC(C)(O)CNc1cc(C(N)=O)nc(N2CCN(c3cncnc3)C(=O)C2)n1. The minimum Gasteiger partial charge on any atom is -0.389 e. The monoisotopic (exact) mass is 386 g/mol. The van der Waals surface area contributed by atoms with Crippen LogP contribution in [0.4, 0.5) is 17.5 Å². The lowest BCUT2D eigenvalue weighted by Crippen LogP contribution is -2.51. The highest BCUT2D eigenvalue weighted by Crippen LogP contribution is 2.20. The van der Waals surface area contributed by atoms with Crippen LogP contribution in [-0.2, 0) is 4.79 Å². The molecule has 2 aromatic rings. The van der Waals surface area contributed by atoms with Gasteiger partial charge in [0.25, 0.3) is 5.91 Å². The van der Waals surface area contributed by atoms with Crippen LogP contribution in [0.5, 0.6) is 0 Å². The Morgan fingerprint density at radius 1 is 1.29 bits per heavy atom. The maximum Gasteiger partial charge on any atom is 0.267 e. The van der Waals surface area contributed by atoms with E-state index in [1.807, 2.05) is 0 Å². The van der Waals surface area contributed by atoms with Crippen molar-refractivity contribution < 1.29 is 14.7 Å². The number of amides is 2. The van der Waals surface area contributed by atoms with Crippen LogP contribution in [0.3, 0.4) is 0 Å². The molecule has 0 aromatic carbocycles.